The highest BCUT2D eigenvalue weighted by Gasteiger charge is 2.05. The van der Waals surface area contributed by atoms with Crippen molar-refractivity contribution < 1.29 is 0 Å². The van der Waals surface area contributed by atoms with Gasteiger partial charge in [0, 0.05) is 30.1 Å². The highest BCUT2D eigenvalue weighted by molar-refractivity contribution is 14.0. The largest absolute Gasteiger partial charge is 0.357 e. The summed E-state index contributed by atoms with van der Waals surface area (Å²) in [6, 6.07) is 0. The normalized spacial score (nSPS) is 11.1. The highest BCUT2D eigenvalue weighted by atomic mass is 127. The molecule has 0 bridgehead atoms. The molecule has 0 spiro atoms. The molecule has 4 nitrogen and oxygen atoms in total. The van der Waals surface area contributed by atoms with Gasteiger partial charge in [0.15, 0.2) is 5.96 Å². The Morgan fingerprint density at radius 3 is 2.67 bits per heavy atom. The molecule has 1 aromatic rings. The van der Waals surface area contributed by atoms with Gasteiger partial charge in [-0.25, -0.2) is 4.98 Å². The van der Waals surface area contributed by atoms with Gasteiger partial charge < -0.3 is 10.6 Å². The van der Waals surface area contributed by atoms with Crippen LogP contribution in [0.15, 0.2) is 4.99 Å². The van der Waals surface area contributed by atoms with E-state index in [1.54, 1.807) is 0 Å². The first-order chi connectivity index (χ1) is 9.71. The van der Waals surface area contributed by atoms with Crippen molar-refractivity contribution in [3.05, 3.63) is 15.6 Å². The number of hydrogen-bond acceptors (Lipinski definition) is 4. The summed E-state index contributed by atoms with van der Waals surface area (Å²) in [5, 5.41) is 7.85. The number of nitrogens with zero attached hydrogens (tertiary/aromatic N) is 2. The lowest BCUT2D eigenvalue weighted by Gasteiger charge is -2.10. The van der Waals surface area contributed by atoms with E-state index in [2.05, 4.69) is 47.6 Å². The van der Waals surface area contributed by atoms with Crippen LogP contribution in [0, 0.1) is 6.92 Å². The van der Waals surface area contributed by atoms with Crippen LogP contribution in [0.4, 0.5) is 0 Å². The molecule has 122 valence electrons. The number of rotatable bonds is 8. The molecular formula is C14H27IN4S2. The summed E-state index contributed by atoms with van der Waals surface area (Å²) in [6.07, 6.45) is 4.08. The Kier molecular flexibility index (Phi) is 12.5. The van der Waals surface area contributed by atoms with Gasteiger partial charge in [-0.2, -0.15) is 11.8 Å². The number of hydrogen-bond donors (Lipinski definition) is 2. The minimum atomic E-state index is 0. The Bertz CT molecular complexity index is 421. The Morgan fingerprint density at radius 2 is 2.10 bits per heavy atom. The monoisotopic (exact) mass is 442 g/mol. The van der Waals surface area contributed by atoms with Gasteiger partial charge >= 0.3 is 0 Å². The van der Waals surface area contributed by atoms with Gasteiger partial charge in [0.1, 0.15) is 0 Å². The zero-order valence-corrected chi connectivity index (χ0v) is 17.3. The fourth-order valence-corrected chi connectivity index (χ4v) is 3.10. The standard InChI is InChI=1S/C14H26N4S2.HI/c1-5-12-11(3)20-13(18-12)7-8-16-14(15-6-2)17-9-10-19-4;/h5-10H2,1-4H3,(H2,15,16,17);1H. The van der Waals surface area contributed by atoms with Gasteiger partial charge in [0.25, 0.3) is 0 Å². The minimum absolute atomic E-state index is 0. The summed E-state index contributed by atoms with van der Waals surface area (Å²) in [7, 11) is 0. The number of aryl methyl sites for hydroxylation is 2. The summed E-state index contributed by atoms with van der Waals surface area (Å²) >= 11 is 3.63. The highest BCUT2D eigenvalue weighted by Crippen LogP contribution is 2.17. The molecule has 2 N–H and O–H groups in total. The van der Waals surface area contributed by atoms with Crippen LogP contribution in [0.3, 0.4) is 0 Å². The van der Waals surface area contributed by atoms with Crippen LogP contribution in [-0.2, 0) is 12.8 Å². The van der Waals surface area contributed by atoms with Crippen LogP contribution in [0.25, 0.3) is 0 Å². The third-order valence-corrected chi connectivity index (χ3v) is 4.48. The second-order valence-corrected chi connectivity index (χ2v) is 6.67. The number of thioether (sulfide) groups is 1. The number of aromatic nitrogens is 1. The van der Waals surface area contributed by atoms with Crippen LogP contribution in [0.1, 0.15) is 29.4 Å². The molecule has 0 atom stereocenters. The first-order valence-corrected chi connectivity index (χ1v) is 9.38. The van der Waals surface area contributed by atoms with Crippen LogP contribution >= 0.6 is 47.1 Å². The number of aliphatic imine (C=N–C) groups is 1. The molecule has 0 unspecified atom stereocenters. The van der Waals surface area contributed by atoms with E-state index in [0.717, 1.165) is 44.2 Å². The average Bonchev–Trinajstić information content (AvgIpc) is 2.79. The molecule has 0 fully saturated rings. The Morgan fingerprint density at radius 1 is 1.33 bits per heavy atom. The molecule has 1 heterocycles. The van der Waals surface area contributed by atoms with Crippen LogP contribution in [-0.4, -0.2) is 42.6 Å². The van der Waals surface area contributed by atoms with Gasteiger partial charge in [0.05, 0.1) is 17.2 Å². The molecule has 0 amide bonds. The topological polar surface area (TPSA) is 49.3 Å². The number of thiazole rings is 1. The molecule has 0 aliphatic carbocycles. The van der Waals surface area contributed by atoms with Crippen molar-refractivity contribution in [1.82, 2.24) is 15.6 Å². The Hall–Kier alpha value is -0.0200. The summed E-state index contributed by atoms with van der Waals surface area (Å²) in [5.41, 5.74) is 1.24. The molecule has 0 aliphatic rings. The predicted octanol–water partition coefficient (Wildman–Crippen LogP) is 3.09. The third-order valence-electron chi connectivity index (χ3n) is 2.81. The molecule has 0 saturated carbocycles. The van der Waals surface area contributed by atoms with E-state index in [1.807, 2.05) is 23.1 Å². The molecule has 0 aromatic carbocycles. The lowest BCUT2D eigenvalue weighted by Crippen LogP contribution is -2.38. The van der Waals surface area contributed by atoms with Crippen molar-refractivity contribution in [3.63, 3.8) is 0 Å². The molecule has 0 radical (unpaired) electrons. The maximum atomic E-state index is 4.66. The van der Waals surface area contributed by atoms with Gasteiger partial charge in [-0.15, -0.1) is 35.3 Å². The summed E-state index contributed by atoms with van der Waals surface area (Å²) in [4.78, 5) is 10.5. The van der Waals surface area contributed by atoms with Crippen molar-refractivity contribution >= 4 is 53.0 Å². The first-order valence-electron chi connectivity index (χ1n) is 7.17. The van der Waals surface area contributed by atoms with Crippen molar-refractivity contribution in [2.75, 3.05) is 31.6 Å². The fraction of sp³-hybridized carbons (Fsp3) is 0.714. The van der Waals surface area contributed by atoms with Crippen LogP contribution < -0.4 is 10.6 Å². The van der Waals surface area contributed by atoms with E-state index in [0.29, 0.717) is 0 Å². The maximum absolute atomic E-state index is 4.66. The van der Waals surface area contributed by atoms with Crippen molar-refractivity contribution in [1.29, 1.82) is 0 Å². The Labute approximate surface area is 154 Å². The van der Waals surface area contributed by atoms with E-state index in [-0.39, 0.29) is 24.0 Å². The van der Waals surface area contributed by atoms with E-state index < -0.39 is 0 Å². The smallest absolute Gasteiger partial charge is 0.191 e. The molecule has 21 heavy (non-hydrogen) atoms. The quantitative estimate of drug-likeness (QED) is 0.281. The minimum Gasteiger partial charge on any atom is -0.357 e. The van der Waals surface area contributed by atoms with E-state index in [9.17, 15) is 0 Å². The van der Waals surface area contributed by atoms with Crippen molar-refractivity contribution in [2.24, 2.45) is 4.99 Å². The average molecular weight is 442 g/mol. The Balaban J connectivity index is 0.00000400. The zero-order valence-electron chi connectivity index (χ0n) is 13.4. The molecular weight excluding hydrogens is 415 g/mol. The van der Waals surface area contributed by atoms with Gasteiger partial charge in [0.2, 0.25) is 0 Å². The van der Waals surface area contributed by atoms with Crippen LogP contribution in [0.5, 0.6) is 0 Å². The number of guanidine groups is 1. The maximum Gasteiger partial charge on any atom is 0.191 e. The van der Waals surface area contributed by atoms with Gasteiger partial charge in [-0.3, -0.25) is 4.99 Å². The number of halogens is 1. The SMILES string of the molecule is CCNC(=NCCSC)NCCc1nc(CC)c(C)s1.I. The summed E-state index contributed by atoms with van der Waals surface area (Å²) in [6.45, 7) is 9.02. The second-order valence-electron chi connectivity index (χ2n) is 4.39. The summed E-state index contributed by atoms with van der Waals surface area (Å²) < 4.78 is 0. The van der Waals surface area contributed by atoms with Gasteiger partial charge in [-0.1, -0.05) is 6.92 Å². The van der Waals surface area contributed by atoms with E-state index in [1.165, 1.54) is 15.6 Å². The number of nitrogens with one attached hydrogen (secondary N) is 2. The zero-order chi connectivity index (χ0) is 14.8. The molecule has 0 aliphatic heterocycles. The summed E-state index contributed by atoms with van der Waals surface area (Å²) in [5.74, 6) is 1.97. The van der Waals surface area contributed by atoms with Crippen molar-refractivity contribution in [2.45, 2.75) is 33.6 Å². The molecule has 1 rings (SSSR count). The third kappa shape index (κ3) is 8.25. The molecule has 1 aromatic heterocycles. The second kappa shape index (κ2) is 12.5. The molecule has 7 heteroatoms. The molecule has 0 saturated heterocycles. The van der Waals surface area contributed by atoms with E-state index >= 15 is 0 Å². The predicted molar refractivity (Wildman–Crippen MR) is 108 cm³/mol. The lowest BCUT2D eigenvalue weighted by molar-refractivity contribution is 0.798. The fourth-order valence-electron chi connectivity index (χ4n) is 1.80. The van der Waals surface area contributed by atoms with Crippen molar-refractivity contribution in [3.8, 4) is 0 Å². The first kappa shape index (κ1) is 21.0. The van der Waals surface area contributed by atoms with Crippen LogP contribution in [0.2, 0.25) is 0 Å². The van der Waals surface area contributed by atoms with Gasteiger partial charge in [-0.05, 0) is 26.5 Å². The van der Waals surface area contributed by atoms with E-state index in [4.69, 9.17) is 0 Å². The lowest BCUT2D eigenvalue weighted by atomic mass is 10.3.